The van der Waals surface area contributed by atoms with E-state index in [1.165, 1.54) is 0 Å². The maximum absolute atomic E-state index is 14.1. The van der Waals surface area contributed by atoms with Gasteiger partial charge >= 0.3 is 0 Å². The van der Waals surface area contributed by atoms with Crippen LogP contribution in [0.15, 0.2) is 102 Å². The smallest absolute Gasteiger partial charge is 0.267 e. The Labute approximate surface area is 230 Å². The van der Waals surface area contributed by atoms with Crippen LogP contribution in [0.2, 0.25) is 0 Å². The summed E-state index contributed by atoms with van der Waals surface area (Å²) < 4.78 is 3.22. The quantitative estimate of drug-likeness (QED) is 0.341. The summed E-state index contributed by atoms with van der Waals surface area (Å²) in [6.07, 6.45) is 5.15. The first kappa shape index (κ1) is 24.8. The standard InChI is InChI=1S/C32H24N6O2/c1-21(35-31(39)26-14-6-10-24-11-8-18-33-29(24)26)30-36-27-15-7-9-23(17-16-22-19-34-37(2)20-22)28(27)32(40)38(30)25-12-4-3-5-13-25/h3-15,18-21H,1-2H3,(H,35,39)/t21-/m1/s1. The summed E-state index contributed by atoms with van der Waals surface area (Å²) in [5.74, 6) is 6.31. The minimum atomic E-state index is -0.603. The second-order valence-electron chi connectivity index (χ2n) is 9.37. The molecule has 0 bridgehead atoms. The van der Waals surface area contributed by atoms with Crippen molar-refractivity contribution in [2.24, 2.45) is 7.05 Å². The van der Waals surface area contributed by atoms with Crippen LogP contribution in [0.25, 0.3) is 27.5 Å². The third kappa shape index (κ3) is 4.61. The number of nitrogens with zero attached hydrogens (tertiary/aromatic N) is 5. The topological polar surface area (TPSA) is 94.7 Å². The summed E-state index contributed by atoms with van der Waals surface area (Å²) in [5.41, 5.74) is 3.24. The van der Waals surface area contributed by atoms with Crippen LogP contribution in [0.5, 0.6) is 0 Å². The highest BCUT2D eigenvalue weighted by Crippen LogP contribution is 2.22. The fraction of sp³-hybridized carbons (Fsp3) is 0.0938. The van der Waals surface area contributed by atoms with Crippen molar-refractivity contribution in [1.82, 2.24) is 29.6 Å². The van der Waals surface area contributed by atoms with Crippen molar-refractivity contribution < 1.29 is 4.79 Å². The SMILES string of the molecule is C[C@@H](NC(=O)c1cccc2cccnc12)c1nc2cccc(C#Cc3cnn(C)c3)c2c(=O)n1-c1ccccc1. The van der Waals surface area contributed by atoms with Crippen molar-refractivity contribution >= 4 is 27.7 Å². The van der Waals surface area contributed by atoms with Crippen LogP contribution in [0.4, 0.5) is 0 Å². The maximum atomic E-state index is 14.1. The number of amides is 1. The molecule has 194 valence electrons. The zero-order chi connectivity index (χ0) is 27.6. The first-order valence-electron chi connectivity index (χ1n) is 12.8. The highest BCUT2D eigenvalue weighted by atomic mass is 16.2. The summed E-state index contributed by atoms with van der Waals surface area (Å²) in [5, 5.41) is 8.46. The number of carbonyl (C=O) groups excluding carboxylic acids is 1. The third-order valence-electron chi connectivity index (χ3n) is 6.60. The molecule has 0 aliphatic heterocycles. The molecule has 0 spiro atoms. The van der Waals surface area contributed by atoms with E-state index in [1.54, 1.807) is 33.8 Å². The molecule has 8 heteroatoms. The van der Waals surface area contributed by atoms with Crippen molar-refractivity contribution in [2.75, 3.05) is 0 Å². The Morgan fingerprint density at radius 1 is 0.950 bits per heavy atom. The second-order valence-corrected chi connectivity index (χ2v) is 9.37. The van der Waals surface area contributed by atoms with Gasteiger partial charge in [0.1, 0.15) is 5.82 Å². The van der Waals surface area contributed by atoms with E-state index in [0.717, 1.165) is 10.9 Å². The molecular weight excluding hydrogens is 500 g/mol. The number of hydrogen-bond acceptors (Lipinski definition) is 5. The number of rotatable bonds is 4. The van der Waals surface area contributed by atoms with E-state index in [-0.39, 0.29) is 11.5 Å². The zero-order valence-corrected chi connectivity index (χ0v) is 21.9. The lowest BCUT2D eigenvalue weighted by molar-refractivity contribution is 0.0939. The lowest BCUT2D eigenvalue weighted by atomic mass is 10.1. The van der Waals surface area contributed by atoms with Crippen LogP contribution in [0.1, 0.15) is 40.3 Å². The molecule has 0 unspecified atom stereocenters. The van der Waals surface area contributed by atoms with Crippen molar-refractivity contribution in [2.45, 2.75) is 13.0 Å². The van der Waals surface area contributed by atoms with E-state index in [2.05, 4.69) is 27.2 Å². The minimum absolute atomic E-state index is 0.268. The van der Waals surface area contributed by atoms with Crippen LogP contribution in [-0.2, 0) is 7.05 Å². The van der Waals surface area contributed by atoms with Crippen LogP contribution in [-0.4, -0.2) is 30.2 Å². The van der Waals surface area contributed by atoms with E-state index < -0.39 is 6.04 Å². The van der Waals surface area contributed by atoms with Crippen LogP contribution >= 0.6 is 0 Å². The maximum Gasteiger partial charge on any atom is 0.267 e. The Morgan fingerprint density at radius 3 is 2.55 bits per heavy atom. The zero-order valence-electron chi connectivity index (χ0n) is 21.9. The monoisotopic (exact) mass is 524 g/mol. The average molecular weight is 525 g/mol. The fourth-order valence-corrected chi connectivity index (χ4v) is 4.72. The molecular formula is C32H24N6O2. The average Bonchev–Trinajstić information content (AvgIpc) is 3.40. The number of hydrogen-bond donors (Lipinski definition) is 1. The molecule has 6 rings (SSSR count). The molecule has 3 aromatic heterocycles. The summed E-state index contributed by atoms with van der Waals surface area (Å²) >= 11 is 0. The first-order valence-corrected chi connectivity index (χ1v) is 12.8. The van der Waals surface area contributed by atoms with Gasteiger partial charge in [-0.2, -0.15) is 5.10 Å². The number of fused-ring (bicyclic) bond motifs is 2. The van der Waals surface area contributed by atoms with Gasteiger partial charge in [0.05, 0.1) is 45.5 Å². The van der Waals surface area contributed by atoms with Gasteiger partial charge in [-0.15, -0.1) is 0 Å². The molecule has 3 heterocycles. The van der Waals surface area contributed by atoms with Gasteiger partial charge in [-0.05, 0) is 43.3 Å². The molecule has 6 aromatic rings. The Hall–Kier alpha value is -5.55. The van der Waals surface area contributed by atoms with Crippen molar-refractivity contribution in [3.05, 3.63) is 130 Å². The number of aromatic nitrogens is 5. The molecule has 1 atom stereocenters. The number of carbonyl (C=O) groups is 1. The largest absolute Gasteiger partial charge is 0.342 e. The highest BCUT2D eigenvalue weighted by Gasteiger charge is 2.22. The molecule has 3 aromatic carbocycles. The van der Waals surface area contributed by atoms with Crippen LogP contribution in [0, 0.1) is 11.8 Å². The molecule has 1 amide bonds. The summed E-state index contributed by atoms with van der Waals surface area (Å²) in [7, 11) is 1.82. The Kier molecular flexibility index (Phi) is 6.38. The number of pyridine rings is 1. The van der Waals surface area contributed by atoms with E-state index in [9.17, 15) is 9.59 Å². The predicted octanol–water partition coefficient (Wildman–Crippen LogP) is 4.56. The van der Waals surface area contributed by atoms with Gasteiger partial charge in [-0.25, -0.2) is 4.98 Å². The number of aryl methyl sites for hydroxylation is 1. The second kappa shape index (κ2) is 10.3. The van der Waals surface area contributed by atoms with Gasteiger partial charge in [-0.1, -0.05) is 54.3 Å². The molecule has 0 aliphatic rings. The van der Waals surface area contributed by atoms with Gasteiger partial charge in [-0.3, -0.25) is 23.8 Å². The molecule has 0 saturated carbocycles. The third-order valence-corrected chi connectivity index (χ3v) is 6.60. The lowest BCUT2D eigenvalue weighted by Crippen LogP contribution is -2.33. The molecule has 40 heavy (non-hydrogen) atoms. The first-order chi connectivity index (χ1) is 19.5. The number of benzene rings is 3. The van der Waals surface area contributed by atoms with Gasteiger partial charge in [0.2, 0.25) is 0 Å². The Balaban J connectivity index is 1.47. The number of para-hydroxylation sites is 2. The van der Waals surface area contributed by atoms with E-state index in [4.69, 9.17) is 4.98 Å². The van der Waals surface area contributed by atoms with Crippen molar-refractivity contribution in [1.29, 1.82) is 0 Å². The molecule has 0 saturated heterocycles. The summed E-state index contributed by atoms with van der Waals surface area (Å²) in [4.78, 5) is 36.9. The predicted molar refractivity (Wildman–Crippen MR) is 154 cm³/mol. The Bertz CT molecular complexity index is 2010. The molecule has 0 radical (unpaired) electrons. The Morgan fingerprint density at radius 2 is 1.75 bits per heavy atom. The minimum Gasteiger partial charge on any atom is -0.342 e. The van der Waals surface area contributed by atoms with Crippen molar-refractivity contribution in [3.63, 3.8) is 0 Å². The van der Waals surface area contributed by atoms with E-state index in [1.807, 2.05) is 86.9 Å². The molecule has 0 fully saturated rings. The summed E-state index contributed by atoms with van der Waals surface area (Å²) in [6.45, 7) is 1.82. The normalized spacial score (nSPS) is 11.7. The van der Waals surface area contributed by atoms with Gasteiger partial charge < -0.3 is 5.32 Å². The van der Waals surface area contributed by atoms with E-state index in [0.29, 0.717) is 39.1 Å². The van der Waals surface area contributed by atoms with Crippen molar-refractivity contribution in [3.8, 4) is 17.5 Å². The highest BCUT2D eigenvalue weighted by molar-refractivity contribution is 6.05. The molecule has 1 N–H and O–H groups in total. The lowest BCUT2D eigenvalue weighted by Gasteiger charge is -2.20. The van der Waals surface area contributed by atoms with Gasteiger partial charge in [0.15, 0.2) is 0 Å². The summed E-state index contributed by atoms with van der Waals surface area (Å²) in [6, 6.07) is 23.3. The molecule has 0 aliphatic carbocycles. The number of nitrogens with one attached hydrogen (secondary N) is 1. The van der Waals surface area contributed by atoms with Gasteiger partial charge in [0, 0.05) is 30.4 Å². The van der Waals surface area contributed by atoms with Gasteiger partial charge in [0.25, 0.3) is 11.5 Å². The van der Waals surface area contributed by atoms with E-state index >= 15 is 0 Å². The molecule has 8 nitrogen and oxygen atoms in total. The van der Waals surface area contributed by atoms with Crippen LogP contribution in [0.3, 0.4) is 0 Å². The van der Waals surface area contributed by atoms with Crippen LogP contribution < -0.4 is 10.9 Å². The fourth-order valence-electron chi connectivity index (χ4n) is 4.72.